The van der Waals surface area contributed by atoms with Gasteiger partial charge in [0.05, 0.1) is 0 Å². The van der Waals surface area contributed by atoms with Gasteiger partial charge in [0.15, 0.2) is 0 Å². The molecule has 1 unspecified atom stereocenters. The van der Waals surface area contributed by atoms with E-state index < -0.39 is 0 Å². The highest BCUT2D eigenvalue weighted by Gasteiger charge is 2.26. The molecule has 1 aromatic rings. The van der Waals surface area contributed by atoms with Crippen molar-refractivity contribution in [3.8, 4) is 0 Å². The van der Waals surface area contributed by atoms with E-state index in [0.29, 0.717) is 12.0 Å². The van der Waals surface area contributed by atoms with Crippen molar-refractivity contribution in [2.24, 2.45) is 11.8 Å². The Hall–Kier alpha value is -0.990. The number of anilines is 1. The minimum atomic E-state index is 0.589. The van der Waals surface area contributed by atoms with Crippen LogP contribution in [0.3, 0.4) is 0 Å². The van der Waals surface area contributed by atoms with Crippen molar-refractivity contribution >= 4 is 5.95 Å². The lowest BCUT2D eigenvalue weighted by Gasteiger charge is -2.33. The largest absolute Gasteiger partial charge is 0.355 e. The molecule has 1 aliphatic rings. The highest BCUT2D eigenvalue weighted by molar-refractivity contribution is 5.26. The van der Waals surface area contributed by atoms with Crippen LogP contribution in [0.15, 0.2) is 12.4 Å². The Balaban J connectivity index is 2.00. The number of imidazole rings is 1. The van der Waals surface area contributed by atoms with E-state index in [1.807, 2.05) is 6.20 Å². The van der Waals surface area contributed by atoms with Crippen molar-refractivity contribution in [1.29, 1.82) is 0 Å². The summed E-state index contributed by atoms with van der Waals surface area (Å²) in [5.74, 6) is 2.55. The third kappa shape index (κ3) is 2.39. The highest BCUT2D eigenvalue weighted by atomic mass is 15.2. The van der Waals surface area contributed by atoms with Gasteiger partial charge in [0, 0.05) is 25.0 Å². The van der Waals surface area contributed by atoms with E-state index in [1.54, 1.807) is 0 Å². The fraction of sp³-hybridized carbons (Fsp3) is 0.769. The predicted molar refractivity (Wildman–Crippen MR) is 67.6 cm³/mol. The fourth-order valence-electron chi connectivity index (χ4n) is 2.22. The van der Waals surface area contributed by atoms with E-state index >= 15 is 0 Å². The van der Waals surface area contributed by atoms with Gasteiger partial charge in [0.1, 0.15) is 0 Å². The van der Waals surface area contributed by atoms with Crippen LogP contribution in [0.4, 0.5) is 5.95 Å². The van der Waals surface area contributed by atoms with Crippen molar-refractivity contribution < 1.29 is 0 Å². The number of nitrogens with zero attached hydrogens (tertiary/aromatic N) is 2. The Morgan fingerprint density at radius 3 is 2.75 bits per heavy atom. The quantitative estimate of drug-likeness (QED) is 0.826. The molecule has 1 aromatic heterocycles. The number of hydrogen-bond donors (Lipinski definition) is 1. The van der Waals surface area contributed by atoms with Gasteiger partial charge < -0.3 is 9.88 Å². The fourth-order valence-corrected chi connectivity index (χ4v) is 2.22. The Bertz CT molecular complexity index is 326. The molecule has 16 heavy (non-hydrogen) atoms. The molecule has 0 aliphatic heterocycles. The third-order valence-corrected chi connectivity index (χ3v) is 3.61. The molecule has 0 saturated heterocycles. The van der Waals surface area contributed by atoms with Crippen LogP contribution in [-0.4, -0.2) is 16.1 Å². The zero-order valence-corrected chi connectivity index (χ0v) is 10.6. The molecule has 3 heteroatoms. The van der Waals surface area contributed by atoms with Gasteiger partial charge in [-0.2, -0.15) is 0 Å². The summed E-state index contributed by atoms with van der Waals surface area (Å²) in [4.78, 5) is 4.40. The number of hydrogen-bond acceptors (Lipinski definition) is 2. The average molecular weight is 221 g/mol. The van der Waals surface area contributed by atoms with Crippen LogP contribution in [0.1, 0.15) is 46.1 Å². The molecule has 0 aromatic carbocycles. The SMILES string of the molecule is CC(C)CNc1nccn1C(C)C1CCC1. The van der Waals surface area contributed by atoms with Crippen molar-refractivity contribution in [2.75, 3.05) is 11.9 Å². The van der Waals surface area contributed by atoms with E-state index in [2.05, 4.69) is 41.8 Å². The van der Waals surface area contributed by atoms with E-state index in [9.17, 15) is 0 Å². The summed E-state index contributed by atoms with van der Waals surface area (Å²) < 4.78 is 2.30. The first-order valence-corrected chi connectivity index (χ1v) is 6.45. The summed E-state index contributed by atoms with van der Waals surface area (Å²) >= 11 is 0. The Morgan fingerprint density at radius 2 is 2.19 bits per heavy atom. The van der Waals surface area contributed by atoms with Crippen LogP contribution in [0.25, 0.3) is 0 Å². The van der Waals surface area contributed by atoms with Crippen LogP contribution < -0.4 is 5.32 Å². The molecule has 0 bridgehead atoms. The topological polar surface area (TPSA) is 29.9 Å². The molecule has 1 saturated carbocycles. The van der Waals surface area contributed by atoms with Crippen LogP contribution in [0, 0.1) is 11.8 Å². The van der Waals surface area contributed by atoms with Crippen molar-refractivity contribution in [3.63, 3.8) is 0 Å². The maximum absolute atomic E-state index is 4.40. The zero-order chi connectivity index (χ0) is 11.5. The van der Waals surface area contributed by atoms with E-state index in [1.165, 1.54) is 19.3 Å². The summed E-state index contributed by atoms with van der Waals surface area (Å²) in [5, 5.41) is 3.43. The molecule has 1 fully saturated rings. The highest BCUT2D eigenvalue weighted by Crippen LogP contribution is 2.37. The normalized spacial score (nSPS) is 18.5. The molecule has 90 valence electrons. The Kier molecular flexibility index (Phi) is 3.52. The minimum absolute atomic E-state index is 0.589. The molecule has 1 atom stereocenters. The summed E-state index contributed by atoms with van der Waals surface area (Å²) in [5.41, 5.74) is 0. The summed E-state index contributed by atoms with van der Waals surface area (Å²) in [7, 11) is 0. The number of nitrogens with one attached hydrogen (secondary N) is 1. The second kappa shape index (κ2) is 4.89. The molecular weight excluding hydrogens is 198 g/mol. The second-order valence-electron chi connectivity index (χ2n) is 5.36. The lowest BCUT2D eigenvalue weighted by atomic mass is 9.80. The molecule has 1 heterocycles. The molecule has 0 radical (unpaired) electrons. The first kappa shape index (κ1) is 11.5. The summed E-state index contributed by atoms with van der Waals surface area (Å²) in [6.07, 6.45) is 8.16. The molecule has 1 N–H and O–H groups in total. The van der Waals surface area contributed by atoms with Gasteiger partial charge in [-0.3, -0.25) is 0 Å². The third-order valence-electron chi connectivity index (χ3n) is 3.61. The molecule has 2 rings (SSSR count). The standard InChI is InChI=1S/C13H23N3/c1-10(2)9-15-13-14-7-8-16(13)11(3)12-5-4-6-12/h7-8,10-12H,4-6,9H2,1-3H3,(H,14,15). The monoisotopic (exact) mass is 221 g/mol. The van der Waals surface area contributed by atoms with Crippen LogP contribution in [0.5, 0.6) is 0 Å². The van der Waals surface area contributed by atoms with Gasteiger partial charge in [0.2, 0.25) is 5.95 Å². The lowest BCUT2D eigenvalue weighted by molar-refractivity contribution is 0.224. The molecular formula is C13H23N3. The van der Waals surface area contributed by atoms with Gasteiger partial charge in [0.25, 0.3) is 0 Å². The Labute approximate surface area is 98.3 Å². The second-order valence-corrected chi connectivity index (χ2v) is 5.36. The van der Waals surface area contributed by atoms with Crippen molar-refractivity contribution in [1.82, 2.24) is 9.55 Å². The molecule has 3 nitrogen and oxygen atoms in total. The molecule has 0 amide bonds. The van der Waals surface area contributed by atoms with Gasteiger partial charge in [-0.1, -0.05) is 20.3 Å². The number of aromatic nitrogens is 2. The lowest BCUT2D eigenvalue weighted by Crippen LogP contribution is -2.24. The minimum Gasteiger partial charge on any atom is -0.355 e. The Morgan fingerprint density at radius 1 is 1.44 bits per heavy atom. The smallest absolute Gasteiger partial charge is 0.203 e. The molecule has 1 aliphatic carbocycles. The number of rotatable bonds is 5. The van der Waals surface area contributed by atoms with Crippen LogP contribution in [0.2, 0.25) is 0 Å². The zero-order valence-electron chi connectivity index (χ0n) is 10.6. The predicted octanol–water partition coefficient (Wildman–Crippen LogP) is 3.31. The van der Waals surface area contributed by atoms with E-state index in [0.717, 1.165) is 18.4 Å². The first-order valence-electron chi connectivity index (χ1n) is 6.45. The first-order chi connectivity index (χ1) is 7.68. The van der Waals surface area contributed by atoms with Gasteiger partial charge in [-0.25, -0.2) is 4.98 Å². The van der Waals surface area contributed by atoms with Crippen LogP contribution >= 0.6 is 0 Å². The maximum atomic E-state index is 4.40. The van der Waals surface area contributed by atoms with Gasteiger partial charge >= 0.3 is 0 Å². The summed E-state index contributed by atoms with van der Waals surface area (Å²) in [6, 6.07) is 0.589. The van der Waals surface area contributed by atoms with Crippen molar-refractivity contribution in [3.05, 3.63) is 12.4 Å². The maximum Gasteiger partial charge on any atom is 0.203 e. The van der Waals surface area contributed by atoms with Gasteiger partial charge in [-0.15, -0.1) is 0 Å². The average Bonchev–Trinajstić information content (AvgIpc) is 2.59. The van der Waals surface area contributed by atoms with E-state index in [-0.39, 0.29) is 0 Å². The van der Waals surface area contributed by atoms with Crippen LogP contribution in [-0.2, 0) is 0 Å². The molecule has 0 spiro atoms. The van der Waals surface area contributed by atoms with Gasteiger partial charge in [-0.05, 0) is 31.6 Å². The van der Waals surface area contributed by atoms with E-state index in [4.69, 9.17) is 0 Å². The summed E-state index contributed by atoms with van der Waals surface area (Å²) in [6.45, 7) is 7.74. The van der Waals surface area contributed by atoms with Crippen molar-refractivity contribution in [2.45, 2.75) is 46.1 Å².